The Morgan fingerprint density at radius 1 is 1.50 bits per heavy atom. The number of hydrogen-bond donors (Lipinski definition) is 2. The Morgan fingerprint density at radius 3 is 2.70 bits per heavy atom. The van der Waals surface area contributed by atoms with Crippen LogP contribution in [0.4, 0.5) is 11.4 Å². The van der Waals surface area contributed by atoms with E-state index in [2.05, 4.69) is 10.6 Å². The fourth-order valence-corrected chi connectivity index (χ4v) is 2.34. The van der Waals surface area contributed by atoms with Crippen LogP contribution in [0.5, 0.6) is 5.75 Å². The Labute approximate surface area is 122 Å². The van der Waals surface area contributed by atoms with Crippen LogP contribution >= 0.6 is 12.2 Å². The van der Waals surface area contributed by atoms with Crippen LogP contribution in [0.25, 0.3) is 0 Å². The predicted octanol–water partition coefficient (Wildman–Crippen LogP) is 1.26. The number of anilines is 2. The molecule has 1 fully saturated rings. The Kier molecular flexibility index (Phi) is 3.89. The summed E-state index contributed by atoms with van der Waals surface area (Å²) in [6, 6.07) is 4.70. The van der Waals surface area contributed by atoms with Crippen LogP contribution < -0.4 is 20.3 Å². The lowest BCUT2D eigenvalue weighted by atomic mass is 10.2. The summed E-state index contributed by atoms with van der Waals surface area (Å²) >= 11 is 5.14. The molecule has 0 radical (unpaired) electrons. The van der Waals surface area contributed by atoms with Gasteiger partial charge < -0.3 is 15.4 Å². The molecule has 0 saturated carbocycles. The average Bonchev–Trinajstić information content (AvgIpc) is 2.62. The monoisotopic (exact) mass is 293 g/mol. The lowest BCUT2D eigenvalue weighted by Gasteiger charge is -2.17. The van der Waals surface area contributed by atoms with E-state index in [-0.39, 0.29) is 17.9 Å². The van der Waals surface area contributed by atoms with Crippen molar-refractivity contribution in [3.8, 4) is 5.75 Å². The Bertz CT molecular complexity index is 588. The van der Waals surface area contributed by atoms with Gasteiger partial charge in [0, 0.05) is 6.92 Å². The van der Waals surface area contributed by atoms with Crippen molar-refractivity contribution < 1.29 is 14.3 Å². The molecular formula is C13H15N3O3S. The molecular weight excluding hydrogens is 278 g/mol. The molecule has 1 aliphatic rings. The molecule has 0 aromatic heterocycles. The van der Waals surface area contributed by atoms with E-state index in [1.165, 1.54) is 18.9 Å². The van der Waals surface area contributed by atoms with Crippen LogP contribution in [0.1, 0.15) is 13.8 Å². The quantitative estimate of drug-likeness (QED) is 0.821. The number of ether oxygens (including phenoxy) is 1. The third-order valence-electron chi connectivity index (χ3n) is 2.89. The number of methoxy groups -OCH3 is 1. The van der Waals surface area contributed by atoms with Crippen molar-refractivity contribution in [1.82, 2.24) is 5.32 Å². The van der Waals surface area contributed by atoms with E-state index in [1.54, 1.807) is 25.1 Å². The summed E-state index contributed by atoms with van der Waals surface area (Å²) in [5, 5.41) is 5.91. The molecule has 0 unspecified atom stereocenters. The lowest BCUT2D eigenvalue weighted by molar-refractivity contribution is -0.118. The second-order valence-corrected chi connectivity index (χ2v) is 4.80. The first kappa shape index (κ1) is 14.3. The van der Waals surface area contributed by atoms with Gasteiger partial charge in [0.15, 0.2) is 5.11 Å². The zero-order chi connectivity index (χ0) is 14.9. The smallest absolute Gasteiger partial charge is 0.255 e. The molecule has 6 nitrogen and oxygen atoms in total. The maximum absolute atomic E-state index is 12.1. The number of amides is 2. The van der Waals surface area contributed by atoms with Gasteiger partial charge in [-0.1, -0.05) is 0 Å². The summed E-state index contributed by atoms with van der Waals surface area (Å²) in [5.74, 6) is 0.165. The fourth-order valence-electron chi connectivity index (χ4n) is 1.97. The molecule has 0 spiro atoms. The van der Waals surface area contributed by atoms with Gasteiger partial charge >= 0.3 is 0 Å². The van der Waals surface area contributed by atoms with Crippen molar-refractivity contribution in [1.29, 1.82) is 0 Å². The molecule has 2 N–H and O–H groups in total. The molecule has 0 bridgehead atoms. The largest absolute Gasteiger partial charge is 0.495 e. The number of rotatable bonds is 3. The summed E-state index contributed by atoms with van der Waals surface area (Å²) in [6.45, 7) is 3.15. The molecule has 1 atom stereocenters. The van der Waals surface area contributed by atoms with Gasteiger partial charge in [0.1, 0.15) is 11.8 Å². The summed E-state index contributed by atoms with van der Waals surface area (Å²) < 4.78 is 5.17. The summed E-state index contributed by atoms with van der Waals surface area (Å²) in [6.07, 6.45) is 0. The third kappa shape index (κ3) is 2.57. The molecule has 1 aromatic carbocycles. The maximum Gasteiger partial charge on any atom is 0.255 e. The number of nitrogens with zero attached hydrogens (tertiary/aromatic N) is 1. The molecule has 1 heterocycles. The van der Waals surface area contributed by atoms with E-state index in [0.717, 1.165) is 0 Å². The van der Waals surface area contributed by atoms with Crippen molar-refractivity contribution in [2.45, 2.75) is 19.9 Å². The summed E-state index contributed by atoms with van der Waals surface area (Å²) in [7, 11) is 1.51. The molecule has 0 aliphatic carbocycles. The first-order chi connectivity index (χ1) is 9.43. The van der Waals surface area contributed by atoms with E-state index in [9.17, 15) is 9.59 Å². The van der Waals surface area contributed by atoms with Crippen LogP contribution in [0, 0.1) is 0 Å². The van der Waals surface area contributed by atoms with Crippen LogP contribution in [-0.2, 0) is 9.59 Å². The molecule has 7 heteroatoms. The zero-order valence-corrected chi connectivity index (χ0v) is 12.2. The normalized spacial score (nSPS) is 17.9. The van der Waals surface area contributed by atoms with E-state index >= 15 is 0 Å². The molecule has 20 heavy (non-hydrogen) atoms. The molecule has 1 aliphatic heterocycles. The van der Waals surface area contributed by atoms with Gasteiger partial charge in [-0.25, -0.2) is 0 Å². The standard InChI is InChI=1S/C13H15N3O3S/c1-7-12(18)16(13(20)14-7)9-4-5-11(19-3)10(6-9)15-8(2)17/h4-7H,1-3H3,(H,14,20)(H,15,17)/t7-/m1/s1. The first-order valence-corrected chi connectivity index (χ1v) is 6.45. The minimum Gasteiger partial charge on any atom is -0.495 e. The van der Waals surface area contributed by atoms with Crippen LogP contribution in [0.2, 0.25) is 0 Å². The van der Waals surface area contributed by atoms with Gasteiger partial charge in [0.25, 0.3) is 5.91 Å². The van der Waals surface area contributed by atoms with Gasteiger partial charge in [-0.3, -0.25) is 14.5 Å². The zero-order valence-electron chi connectivity index (χ0n) is 11.4. The number of thiocarbonyl (C=S) groups is 1. The van der Waals surface area contributed by atoms with Gasteiger partial charge in [-0.05, 0) is 37.3 Å². The van der Waals surface area contributed by atoms with Crippen molar-refractivity contribution in [3.63, 3.8) is 0 Å². The minimum atomic E-state index is -0.353. The van der Waals surface area contributed by atoms with Crippen LogP contribution in [0.3, 0.4) is 0 Å². The third-order valence-corrected chi connectivity index (χ3v) is 3.19. The highest BCUT2D eigenvalue weighted by Gasteiger charge is 2.33. The Hall–Kier alpha value is -2.15. The Balaban J connectivity index is 2.40. The van der Waals surface area contributed by atoms with Crippen molar-refractivity contribution in [3.05, 3.63) is 18.2 Å². The highest BCUT2D eigenvalue weighted by Crippen LogP contribution is 2.31. The van der Waals surface area contributed by atoms with E-state index in [0.29, 0.717) is 22.2 Å². The Morgan fingerprint density at radius 2 is 2.20 bits per heavy atom. The summed E-state index contributed by atoms with van der Waals surface area (Å²) in [5.41, 5.74) is 1.08. The molecule has 2 amide bonds. The second kappa shape index (κ2) is 5.46. The average molecular weight is 293 g/mol. The number of carbonyl (C=O) groups excluding carboxylic acids is 2. The van der Waals surface area contributed by atoms with E-state index in [1.807, 2.05) is 0 Å². The topological polar surface area (TPSA) is 70.7 Å². The SMILES string of the molecule is COc1ccc(N2C(=O)[C@@H](C)NC2=S)cc1NC(C)=O. The highest BCUT2D eigenvalue weighted by molar-refractivity contribution is 7.80. The molecule has 2 rings (SSSR count). The van der Waals surface area contributed by atoms with Gasteiger partial charge in [0.2, 0.25) is 5.91 Å². The van der Waals surface area contributed by atoms with Crippen molar-refractivity contribution >= 4 is 40.5 Å². The highest BCUT2D eigenvalue weighted by atomic mass is 32.1. The number of carbonyl (C=O) groups is 2. The van der Waals surface area contributed by atoms with Crippen LogP contribution in [-0.4, -0.2) is 30.1 Å². The van der Waals surface area contributed by atoms with Crippen LogP contribution in [0.15, 0.2) is 18.2 Å². The lowest BCUT2D eigenvalue weighted by Crippen LogP contribution is -2.30. The predicted molar refractivity (Wildman–Crippen MR) is 80.0 cm³/mol. The minimum absolute atomic E-state index is 0.131. The first-order valence-electron chi connectivity index (χ1n) is 6.04. The number of benzene rings is 1. The number of hydrogen-bond acceptors (Lipinski definition) is 4. The molecule has 1 aromatic rings. The van der Waals surface area contributed by atoms with E-state index in [4.69, 9.17) is 17.0 Å². The van der Waals surface area contributed by atoms with Gasteiger partial charge in [-0.15, -0.1) is 0 Å². The van der Waals surface area contributed by atoms with Crippen molar-refractivity contribution in [2.24, 2.45) is 0 Å². The summed E-state index contributed by atoms with van der Waals surface area (Å²) in [4.78, 5) is 24.7. The molecule has 1 saturated heterocycles. The van der Waals surface area contributed by atoms with E-state index < -0.39 is 0 Å². The number of nitrogens with one attached hydrogen (secondary N) is 2. The molecule has 106 valence electrons. The van der Waals surface area contributed by atoms with Crippen molar-refractivity contribution in [2.75, 3.05) is 17.3 Å². The van der Waals surface area contributed by atoms with Gasteiger partial charge in [-0.2, -0.15) is 0 Å². The van der Waals surface area contributed by atoms with Gasteiger partial charge in [0.05, 0.1) is 18.5 Å². The fraction of sp³-hybridized carbons (Fsp3) is 0.308. The second-order valence-electron chi connectivity index (χ2n) is 4.41. The maximum atomic E-state index is 12.1.